The first kappa shape index (κ1) is 9.29. The van der Waals surface area contributed by atoms with Gasteiger partial charge in [0.1, 0.15) is 10.5 Å². The summed E-state index contributed by atoms with van der Waals surface area (Å²) >= 11 is 6.88. The Morgan fingerprint density at radius 3 is 3.00 bits per heavy atom. The second-order valence-electron chi connectivity index (χ2n) is 2.36. The maximum absolute atomic E-state index is 5.42. The molecule has 1 heterocycles. The van der Waals surface area contributed by atoms with Crippen LogP contribution >= 0.6 is 24.0 Å². The van der Waals surface area contributed by atoms with E-state index in [9.17, 15) is 0 Å². The highest BCUT2D eigenvalue weighted by Crippen LogP contribution is 2.20. The van der Waals surface area contributed by atoms with Gasteiger partial charge >= 0.3 is 0 Å². The minimum Gasteiger partial charge on any atom is -0.359 e. The van der Waals surface area contributed by atoms with Crippen LogP contribution in [0.2, 0.25) is 0 Å². The van der Waals surface area contributed by atoms with Gasteiger partial charge in [0.05, 0.1) is 0 Å². The monoisotopic (exact) mass is 191 g/mol. The van der Waals surface area contributed by atoms with Crippen LogP contribution in [0.4, 0.5) is 0 Å². The summed E-state index contributed by atoms with van der Waals surface area (Å²) in [7, 11) is 0. The van der Waals surface area contributed by atoms with Crippen molar-refractivity contribution in [3.8, 4) is 0 Å². The first-order chi connectivity index (χ1) is 5.25. The average molecular weight is 191 g/mol. The molecule has 1 saturated heterocycles. The second kappa shape index (κ2) is 4.28. The van der Waals surface area contributed by atoms with Crippen molar-refractivity contribution in [2.75, 3.05) is 18.9 Å². The van der Waals surface area contributed by atoms with Crippen molar-refractivity contribution in [3.05, 3.63) is 0 Å². The zero-order valence-electron chi connectivity index (χ0n) is 6.87. The van der Waals surface area contributed by atoms with Gasteiger partial charge in [-0.15, -0.1) is 0 Å². The molecule has 1 rings (SSSR count). The smallest absolute Gasteiger partial charge is 0.138 e. The van der Waals surface area contributed by atoms with E-state index in [1.807, 2.05) is 13.8 Å². The number of ether oxygens (including phenoxy) is 1. The average Bonchev–Trinajstić information content (AvgIpc) is 2.36. The summed E-state index contributed by atoms with van der Waals surface area (Å²) in [5, 5.41) is 0. The van der Waals surface area contributed by atoms with Gasteiger partial charge in [-0.2, -0.15) is 0 Å². The third-order valence-corrected chi connectivity index (χ3v) is 3.10. The Balaban J connectivity index is 2.39. The molecule has 0 radical (unpaired) electrons. The molecule has 1 unspecified atom stereocenters. The largest absolute Gasteiger partial charge is 0.359 e. The van der Waals surface area contributed by atoms with E-state index in [-0.39, 0.29) is 6.23 Å². The van der Waals surface area contributed by atoms with E-state index in [1.54, 1.807) is 11.8 Å². The van der Waals surface area contributed by atoms with Crippen LogP contribution in [-0.2, 0) is 4.74 Å². The molecule has 64 valence electrons. The number of nitrogens with zero attached hydrogens (tertiary/aromatic N) is 1. The lowest BCUT2D eigenvalue weighted by Crippen LogP contribution is -2.34. The lowest BCUT2D eigenvalue weighted by molar-refractivity contribution is 0.0000560. The highest BCUT2D eigenvalue weighted by atomic mass is 32.2. The summed E-state index contributed by atoms with van der Waals surface area (Å²) in [4.78, 5) is 2.13. The van der Waals surface area contributed by atoms with Gasteiger partial charge in [0.25, 0.3) is 0 Å². The van der Waals surface area contributed by atoms with Crippen molar-refractivity contribution in [1.29, 1.82) is 0 Å². The number of hydrogen-bond donors (Lipinski definition) is 0. The molecule has 11 heavy (non-hydrogen) atoms. The summed E-state index contributed by atoms with van der Waals surface area (Å²) < 4.78 is 6.40. The molecule has 0 aliphatic carbocycles. The SMILES string of the molecule is CCOC(C)N1CCSC1=S. The third-order valence-electron chi connectivity index (χ3n) is 1.64. The standard InChI is InChI=1S/C7H13NOS2/c1-3-9-6(2)8-4-5-11-7(8)10/h6H,3-5H2,1-2H3. The van der Waals surface area contributed by atoms with Crippen molar-refractivity contribution in [2.45, 2.75) is 20.1 Å². The first-order valence-corrected chi connectivity index (χ1v) is 5.20. The van der Waals surface area contributed by atoms with Crippen LogP contribution in [0.15, 0.2) is 0 Å². The molecule has 4 heteroatoms. The van der Waals surface area contributed by atoms with Gasteiger partial charge in [0.15, 0.2) is 0 Å². The van der Waals surface area contributed by atoms with E-state index in [0.717, 1.165) is 23.2 Å². The van der Waals surface area contributed by atoms with Crippen LogP contribution in [-0.4, -0.2) is 34.4 Å². The van der Waals surface area contributed by atoms with Crippen molar-refractivity contribution < 1.29 is 4.74 Å². The highest BCUT2D eigenvalue weighted by molar-refractivity contribution is 8.23. The molecule has 0 amide bonds. The van der Waals surface area contributed by atoms with Crippen LogP contribution in [0, 0.1) is 0 Å². The summed E-state index contributed by atoms with van der Waals surface area (Å²) in [5.74, 6) is 1.11. The Morgan fingerprint density at radius 1 is 1.82 bits per heavy atom. The van der Waals surface area contributed by atoms with Crippen molar-refractivity contribution in [2.24, 2.45) is 0 Å². The Hall–Kier alpha value is 0.200. The number of thioether (sulfide) groups is 1. The molecule has 0 aromatic heterocycles. The van der Waals surface area contributed by atoms with Crippen LogP contribution in [0.5, 0.6) is 0 Å². The van der Waals surface area contributed by atoms with Gasteiger partial charge in [0, 0.05) is 18.9 Å². The second-order valence-corrected chi connectivity index (χ2v) is 4.09. The lowest BCUT2D eigenvalue weighted by Gasteiger charge is -2.24. The Kier molecular flexibility index (Phi) is 3.62. The summed E-state index contributed by atoms with van der Waals surface area (Å²) in [5.41, 5.74) is 0. The molecule has 0 N–H and O–H groups in total. The van der Waals surface area contributed by atoms with E-state index in [1.165, 1.54) is 0 Å². The fraction of sp³-hybridized carbons (Fsp3) is 0.857. The van der Waals surface area contributed by atoms with Gasteiger partial charge in [-0.25, -0.2) is 0 Å². The van der Waals surface area contributed by atoms with Crippen molar-refractivity contribution >= 4 is 28.3 Å². The molecule has 0 saturated carbocycles. The van der Waals surface area contributed by atoms with E-state index in [4.69, 9.17) is 17.0 Å². The van der Waals surface area contributed by atoms with Crippen LogP contribution in [0.3, 0.4) is 0 Å². The van der Waals surface area contributed by atoms with Gasteiger partial charge in [-0.05, 0) is 13.8 Å². The number of rotatable bonds is 3. The summed E-state index contributed by atoms with van der Waals surface area (Å²) in [6.45, 7) is 5.83. The van der Waals surface area contributed by atoms with Crippen LogP contribution in [0.1, 0.15) is 13.8 Å². The van der Waals surface area contributed by atoms with Gasteiger partial charge in [-0.1, -0.05) is 24.0 Å². The zero-order chi connectivity index (χ0) is 8.27. The Labute approximate surface area is 77.3 Å². The maximum Gasteiger partial charge on any atom is 0.138 e. The zero-order valence-corrected chi connectivity index (χ0v) is 8.50. The van der Waals surface area contributed by atoms with E-state index in [0.29, 0.717) is 0 Å². The molecule has 2 nitrogen and oxygen atoms in total. The quantitative estimate of drug-likeness (QED) is 0.629. The fourth-order valence-electron chi connectivity index (χ4n) is 1.07. The van der Waals surface area contributed by atoms with E-state index in [2.05, 4.69) is 4.90 Å². The summed E-state index contributed by atoms with van der Waals surface area (Å²) in [6.07, 6.45) is 0.155. The Morgan fingerprint density at radius 2 is 2.55 bits per heavy atom. The van der Waals surface area contributed by atoms with Crippen molar-refractivity contribution in [1.82, 2.24) is 4.90 Å². The maximum atomic E-state index is 5.42. The fourth-order valence-corrected chi connectivity index (χ4v) is 2.42. The van der Waals surface area contributed by atoms with Crippen LogP contribution in [0.25, 0.3) is 0 Å². The lowest BCUT2D eigenvalue weighted by atomic mass is 10.5. The minimum absolute atomic E-state index is 0.155. The van der Waals surface area contributed by atoms with Gasteiger partial charge in [-0.3, -0.25) is 0 Å². The Bertz CT molecular complexity index is 151. The molecular weight excluding hydrogens is 178 g/mol. The first-order valence-electron chi connectivity index (χ1n) is 3.80. The molecule has 1 atom stereocenters. The number of thiocarbonyl (C=S) groups is 1. The molecule has 1 aliphatic heterocycles. The highest BCUT2D eigenvalue weighted by Gasteiger charge is 2.22. The van der Waals surface area contributed by atoms with Gasteiger partial charge in [0.2, 0.25) is 0 Å². The van der Waals surface area contributed by atoms with Gasteiger partial charge < -0.3 is 9.64 Å². The predicted molar refractivity (Wildman–Crippen MR) is 52.9 cm³/mol. The van der Waals surface area contributed by atoms with Crippen LogP contribution < -0.4 is 0 Å². The normalized spacial score (nSPS) is 20.9. The molecule has 0 spiro atoms. The molecule has 1 aliphatic rings. The predicted octanol–water partition coefficient (Wildman–Crippen LogP) is 1.70. The van der Waals surface area contributed by atoms with E-state index < -0.39 is 0 Å². The van der Waals surface area contributed by atoms with Crippen molar-refractivity contribution in [3.63, 3.8) is 0 Å². The molecule has 0 bridgehead atoms. The number of hydrogen-bond acceptors (Lipinski definition) is 3. The molecule has 0 aromatic rings. The molecular formula is C7H13NOS2. The topological polar surface area (TPSA) is 12.5 Å². The molecule has 1 fully saturated rings. The molecule has 0 aromatic carbocycles. The third kappa shape index (κ3) is 2.32. The minimum atomic E-state index is 0.155. The summed E-state index contributed by atoms with van der Waals surface area (Å²) in [6, 6.07) is 0. The van der Waals surface area contributed by atoms with E-state index >= 15 is 0 Å².